The lowest BCUT2D eigenvalue weighted by molar-refractivity contribution is -0.0440. The summed E-state index contributed by atoms with van der Waals surface area (Å²) < 4.78 is 11.1. The monoisotopic (exact) mass is 299 g/mol. The molecule has 0 bridgehead atoms. The molecular formula is C18H37NO2. The molecule has 1 N–H and O–H groups in total. The average Bonchev–Trinajstić information content (AvgIpc) is 3.00. The Kier molecular flexibility index (Phi) is 10.3. The van der Waals surface area contributed by atoms with Crippen LogP contribution in [0.25, 0.3) is 0 Å². The van der Waals surface area contributed by atoms with Gasteiger partial charge in [-0.15, -0.1) is 0 Å². The Hall–Kier alpha value is -0.120. The van der Waals surface area contributed by atoms with Gasteiger partial charge in [-0.1, -0.05) is 65.2 Å². The smallest absolute Gasteiger partial charge is 0.170 e. The molecule has 1 heterocycles. The molecule has 3 heteroatoms. The number of hydrogen-bond donors (Lipinski definition) is 1. The maximum Gasteiger partial charge on any atom is 0.170 e. The molecule has 0 aromatic heterocycles. The summed E-state index contributed by atoms with van der Waals surface area (Å²) in [5, 5.41) is 3.74. The van der Waals surface area contributed by atoms with Gasteiger partial charge in [-0.2, -0.15) is 0 Å². The van der Waals surface area contributed by atoms with Crippen molar-refractivity contribution < 1.29 is 9.47 Å². The fraction of sp³-hybridized carbons (Fsp3) is 1.00. The summed E-state index contributed by atoms with van der Waals surface area (Å²) in [5.41, 5.74) is 0.247. The molecule has 1 fully saturated rings. The van der Waals surface area contributed by atoms with Crippen LogP contribution in [-0.2, 0) is 9.47 Å². The van der Waals surface area contributed by atoms with E-state index < -0.39 is 0 Å². The molecular weight excluding hydrogens is 262 g/mol. The van der Waals surface area contributed by atoms with Crippen LogP contribution in [0.5, 0.6) is 0 Å². The van der Waals surface area contributed by atoms with Crippen molar-refractivity contribution in [2.24, 2.45) is 0 Å². The van der Waals surface area contributed by atoms with Gasteiger partial charge in [0.1, 0.15) is 0 Å². The van der Waals surface area contributed by atoms with Crippen LogP contribution < -0.4 is 5.32 Å². The Morgan fingerprint density at radius 1 is 0.857 bits per heavy atom. The molecule has 0 amide bonds. The highest BCUT2D eigenvalue weighted by molar-refractivity contribution is 4.83. The zero-order valence-corrected chi connectivity index (χ0v) is 14.6. The van der Waals surface area contributed by atoms with Crippen LogP contribution in [0.2, 0.25) is 0 Å². The largest absolute Gasteiger partial charge is 0.349 e. The maximum absolute atomic E-state index is 5.55. The lowest BCUT2D eigenvalue weighted by Gasteiger charge is -2.32. The summed E-state index contributed by atoms with van der Waals surface area (Å²) in [7, 11) is 0. The minimum Gasteiger partial charge on any atom is -0.349 e. The molecule has 0 atom stereocenters. The third kappa shape index (κ3) is 8.80. The van der Waals surface area contributed by atoms with Crippen LogP contribution in [0.4, 0.5) is 0 Å². The molecule has 0 unspecified atom stereocenters. The molecule has 0 radical (unpaired) electrons. The average molecular weight is 299 g/mol. The highest BCUT2D eigenvalue weighted by Gasteiger charge is 2.25. The van der Waals surface area contributed by atoms with E-state index in [1.54, 1.807) is 0 Å². The van der Waals surface area contributed by atoms with Crippen LogP contribution in [0.1, 0.15) is 85.0 Å². The van der Waals surface area contributed by atoms with Crippen molar-refractivity contribution in [1.29, 1.82) is 0 Å². The van der Waals surface area contributed by atoms with Gasteiger partial charge in [0.05, 0.1) is 13.2 Å². The Morgan fingerprint density at radius 2 is 1.38 bits per heavy atom. The molecule has 0 aliphatic carbocycles. The summed E-state index contributed by atoms with van der Waals surface area (Å²) in [4.78, 5) is 0. The van der Waals surface area contributed by atoms with Crippen molar-refractivity contribution in [2.45, 2.75) is 96.8 Å². The predicted molar refractivity (Wildman–Crippen MR) is 89.6 cm³/mol. The molecule has 0 saturated carbocycles. The highest BCUT2D eigenvalue weighted by Crippen LogP contribution is 2.23. The zero-order chi connectivity index (χ0) is 15.4. The van der Waals surface area contributed by atoms with Crippen LogP contribution in [0.15, 0.2) is 0 Å². The summed E-state index contributed by atoms with van der Waals surface area (Å²) >= 11 is 0. The summed E-state index contributed by atoms with van der Waals surface area (Å²) in [6.45, 7) is 9.26. The normalized spacial score (nSPS) is 16.7. The maximum atomic E-state index is 5.55. The molecule has 3 nitrogen and oxygen atoms in total. The SMILES string of the molecule is CCCCCCC(C)(CCCCCC)NCC1OCCO1. The number of nitrogens with one attached hydrogen (secondary N) is 1. The van der Waals surface area contributed by atoms with E-state index in [9.17, 15) is 0 Å². The van der Waals surface area contributed by atoms with Crippen molar-refractivity contribution in [3.8, 4) is 0 Å². The number of ether oxygens (including phenoxy) is 2. The van der Waals surface area contributed by atoms with Crippen molar-refractivity contribution in [3.63, 3.8) is 0 Å². The standard InChI is InChI=1S/C18H37NO2/c1-4-6-8-10-12-18(3,13-11-9-7-5-2)19-16-17-20-14-15-21-17/h17,19H,4-16H2,1-3H3. The van der Waals surface area contributed by atoms with Crippen LogP contribution in [-0.4, -0.2) is 31.6 Å². The van der Waals surface area contributed by atoms with Gasteiger partial charge in [-0.05, 0) is 19.8 Å². The molecule has 1 saturated heterocycles. The fourth-order valence-electron chi connectivity index (χ4n) is 3.04. The van der Waals surface area contributed by atoms with Crippen molar-refractivity contribution in [3.05, 3.63) is 0 Å². The lowest BCUT2D eigenvalue weighted by Crippen LogP contribution is -2.46. The molecule has 1 aliphatic rings. The van der Waals surface area contributed by atoms with Crippen molar-refractivity contribution >= 4 is 0 Å². The van der Waals surface area contributed by atoms with Gasteiger partial charge in [0, 0.05) is 12.1 Å². The van der Waals surface area contributed by atoms with E-state index in [1.807, 2.05) is 0 Å². The lowest BCUT2D eigenvalue weighted by atomic mass is 9.88. The third-order valence-electron chi connectivity index (χ3n) is 4.55. The van der Waals surface area contributed by atoms with Gasteiger partial charge in [0.2, 0.25) is 0 Å². The van der Waals surface area contributed by atoms with Crippen molar-refractivity contribution in [1.82, 2.24) is 5.32 Å². The summed E-state index contributed by atoms with van der Waals surface area (Å²) in [6, 6.07) is 0. The fourth-order valence-corrected chi connectivity index (χ4v) is 3.04. The van der Waals surface area contributed by atoms with E-state index in [2.05, 4.69) is 26.1 Å². The van der Waals surface area contributed by atoms with E-state index >= 15 is 0 Å². The first-order valence-corrected chi connectivity index (χ1v) is 9.18. The van der Waals surface area contributed by atoms with Crippen LogP contribution in [0, 0.1) is 0 Å². The molecule has 21 heavy (non-hydrogen) atoms. The van der Waals surface area contributed by atoms with Gasteiger partial charge in [0.25, 0.3) is 0 Å². The Balaban J connectivity index is 2.30. The molecule has 126 valence electrons. The number of hydrogen-bond acceptors (Lipinski definition) is 3. The predicted octanol–water partition coefficient (Wildman–Crippen LogP) is 4.65. The first kappa shape index (κ1) is 18.9. The molecule has 1 rings (SSSR count). The van der Waals surface area contributed by atoms with Gasteiger partial charge in [0.15, 0.2) is 6.29 Å². The van der Waals surface area contributed by atoms with Gasteiger partial charge < -0.3 is 14.8 Å². The second-order valence-electron chi connectivity index (χ2n) is 6.73. The van der Waals surface area contributed by atoms with E-state index in [4.69, 9.17) is 9.47 Å². The van der Waals surface area contributed by atoms with Gasteiger partial charge in [-0.25, -0.2) is 0 Å². The Morgan fingerprint density at radius 3 is 1.86 bits per heavy atom. The summed E-state index contributed by atoms with van der Waals surface area (Å²) in [5.74, 6) is 0. The van der Waals surface area contributed by atoms with E-state index in [-0.39, 0.29) is 11.8 Å². The van der Waals surface area contributed by atoms with Crippen LogP contribution >= 0.6 is 0 Å². The number of rotatable bonds is 13. The second-order valence-corrected chi connectivity index (χ2v) is 6.73. The van der Waals surface area contributed by atoms with Crippen molar-refractivity contribution in [2.75, 3.05) is 19.8 Å². The van der Waals surface area contributed by atoms with E-state index in [0.29, 0.717) is 0 Å². The Labute approximate surface area is 132 Å². The minimum absolute atomic E-state index is 0.0318. The van der Waals surface area contributed by atoms with Gasteiger partial charge in [-0.3, -0.25) is 0 Å². The Bertz CT molecular complexity index is 227. The molecule has 0 aromatic carbocycles. The first-order valence-electron chi connectivity index (χ1n) is 9.18. The first-order chi connectivity index (χ1) is 10.2. The molecule has 0 aromatic rings. The second kappa shape index (κ2) is 11.4. The zero-order valence-electron chi connectivity index (χ0n) is 14.6. The topological polar surface area (TPSA) is 30.5 Å². The van der Waals surface area contributed by atoms with Crippen LogP contribution in [0.3, 0.4) is 0 Å². The molecule has 0 spiro atoms. The third-order valence-corrected chi connectivity index (χ3v) is 4.55. The summed E-state index contributed by atoms with van der Waals surface area (Å²) in [6.07, 6.45) is 13.2. The van der Waals surface area contributed by atoms with E-state index in [1.165, 1.54) is 64.2 Å². The quantitative estimate of drug-likeness (QED) is 0.502. The minimum atomic E-state index is -0.0318. The number of unbranched alkanes of at least 4 members (excludes halogenated alkanes) is 6. The molecule has 1 aliphatic heterocycles. The highest BCUT2D eigenvalue weighted by atomic mass is 16.7. The van der Waals surface area contributed by atoms with Gasteiger partial charge >= 0.3 is 0 Å². The van der Waals surface area contributed by atoms with E-state index in [0.717, 1.165) is 19.8 Å².